The number of likely N-dealkylation sites (tertiary alicyclic amines) is 1. The summed E-state index contributed by atoms with van der Waals surface area (Å²) in [7, 11) is 1.60. The Kier molecular flexibility index (Phi) is 4.74. The number of aromatic nitrogens is 1. The van der Waals surface area contributed by atoms with Crippen molar-refractivity contribution in [2.45, 2.75) is 12.8 Å². The average Bonchev–Trinajstić information content (AvgIpc) is 3.05. The molecule has 0 aromatic carbocycles. The fourth-order valence-corrected chi connectivity index (χ4v) is 3.14. The number of carboxylic acid groups (broad SMARTS) is 1. The maximum Gasteiger partial charge on any atom is 0.306 e. The third-order valence-electron chi connectivity index (χ3n) is 4.67. The van der Waals surface area contributed by atoms with E-state index in [9.17, 15) is 14.4 Å². The Bertz CT molecular complexity index is 773. The molecule has 25 heavy (non-hydrogen) atoms. The highest BCUT2D eigenvalue weighted by atomic mass is 16.4. The van der Waals surface area contributed by atoms with Crippen molar-refractivity contribution in [2.75, 3.05) is 26.7 Å². The standard InChI is InChI=1S/C18H21N3O4/c1-19(12-16(22)20-8-5-13(6-9-20)18(24)25)17(23)14-10-15-4-2-3-7-21(15)11-14/h2-4,7,10-11,13H,5-6,8-9,12H2,1H3,(H,24,25). The maximum atomic E-state index is 12.5. The van der Waals surface area contributed by atoms with Gasteiger partial charge >= 0.3 is 5.97 Å². The Labute approximate surface area is 145 Å². The number of hydrogen-bond donors (Lipinski definition) is 1. The first-order chi connectivity index (χ1) is 12.0. The summed E-state index contributed by atoms with van der Waals surface area (Å²) in [5.41, 5.74) is 1.45. The van der Waals surface area contributed by atoms with E-state index in [0.717, 1.165) is 5.52 Å². The minimum absolute atomic E-state index is 0.0111. The molecule has 3 rings (SSSR count). The molecule has 7 heteroatoms. The predicted molar refractivity (Wildman–Crippen MR) is 91.3 cm³/mol. The lowest BCUT2D eigenvalue weighted by molar-refractivity contribution is -0.145. The quantitative estimate of drug-likeness (QED) is 0.908. The molecule has 0 aliphatic carbocycles. The number of pyridine rings is 1. The summed E-state index contributed by atoms with van der Waals surface area (Å²) in [6, 6.07) is 7.49. The van der Waals surface area contributed by atoms with Crippen LogP contribution in [0, 0.1) is 5.92 Å². The van der Waals surface area contributed by atoms with Crippen molar-refractivity contribution in [3.8, 4) is 0 Å². The van der Waals surface area contributed by atoms with E-state index in [0.29, 0.717) is 31.5 Å². The van der Waals surface area contributed by atoms with Gasteiger partial charge in [-0.1, -0.05) is 6.07 Å². The van der Waals surface area contributed by atoms with Crippen LogP contribution >= 0.6 is 0 Å². The Morgan fingerprint density at radius 1 is 1.24 bits per heavy atom. The van der Waals surface area contributed by atoms with Crippen LogP contribution in [0.3, 0.4) is 0 Å². The molecule has 0 saturated carbocycles. The maximum absolute atomic E-state index is 12.5. The van der Waals surface area contributed by atoms with Gasteiger partial charge in [-0.25, -0.2) is 0 Å². The molecule has 3 heterocycles. The Morgan fingerprint density at radius 3 is 2.60 bits per heavy atom. The number of nitrogens with zero attached hydrogens (tertiary/aromatic N) is 3. The predicted octanol–water partition coefficient (Wildman–Crippen LogP) is 1.33. The second kappa shape index (κ2) is 6.96. The van der Waals surface area contributed by atoms with Gasteiger partial charge in [-0.3, -0.25) is 14.4 Å². The summed E-state index contributed by atoms with van der Waals surface area (Å²) in [5.74, 6) is -1.54. The van der Waals surface area contributed by atoms with E-state index in [4.69, 9.17) is 5.11 Å². The number of rotatable bonds is 4. The molecule has 0 radical (unpaired) electrons. The molecule has 7 nitrogen and oxygen atoms in total. The monoisotopic (exact) mass is 343 g/mol. The van der Waals surface area contributed by atoms with Crippen molar-refractivity contribution in [3.63, 3.8) is 0 Å². The molecule has 2 amide bonds. The zero-order valence-corrected chi connectivity index (χ0v) is 14.1. The summed E-state index contributed by atoms with van der Waals surface area (Å²) >= 11 is 0. The lowest BCUT2D eigenvalue weighted by atomic mass is 9.97. The van der Waals surface area contributed by atoms with E-state index in [1.54, 1.807) is 24.2 Å². The molecule has 0 spiro atoms. The van der Waals surface area contributed by atoms with Crippen LogP contribution in [0.25, 0.3) is 5.52 Å². The highest BCUT2D eigenvalue weighted by Gasteiger charge is 2.28. The van der Waals surface area contributed by atoms with Gasteiger partial charge in [0.1, 0.15) is 0 Å². The first kappa shape index (κ1) is 17.0. The van der Waals surface area contributed by atoms with Crippen molar-refractivity contribution in [1.29, 1.82) is 0 Å². The van der Waals surface area contributed by atoms with Crippen molar-refractivity contribution in [3.05, 3.63) is 42.2 Å². The molecule has 1 aliphatic rings. The first-order valence-electron chi connectivity index (χ1n) is 8.28. The molecule has 132 valence electrons. The molecule has 1 N–H and O–H groups in total. The largest absolute Gasteiger partial charge is 0.481 e. The number of carbonyl (C=O) groups is 3. The molecule has 1 saturated heterocycles. The van der Waals surface area contributed by atoms with E-state index >= 15 is 0 Å². The topological polar surface area (TPSA) is 82.3 Å². The molecule has 2 aromatic heterocycles. The van der Waals surface area contributed by atoms with Crippen LogP contribution in [0.4, 0.5) is 0 Å². The summed E-state index contributed by atoms with van der Waals surface area (Å²) in [6.07, 6.45) is 4.54. The Hall–Kier alpha value is -2.83. The first-order valence-corrected chi connectivity index (χ1v) is 8.28. The SMILES string of the molecule is CN(CC(=O)N1CCC(C(=O)O)CC1)C(=O)c1cc2ccccn2c1. The second-order valence-electron chi connectivity index (χ2n) is 6.42. The average molecular weight is 343 g/mol. The van der Waals surface area contributed by atoms with Gasteiger partial charge in [0.05, 0.1) is 18.0 Å². The van der Waals surface area contributed by atoms with Crippen molar-refractivity contribution < 1.29 is 19.5 Å². The highest BCUT2D eigenvalue weighted by molar-refractivity contribution is 5.97. The normalized spacial score (nSPS) is 15.3. The smallest absolute Gasteiger partial charge is 0.306 e. The third-order valence-corrected chi connectivity index (χ3v) is 4.67. The molecule has 1 aliphatic heterocycles. The summed E-state index contributed by atoms with van der Waals surface area (Å²) < 4.78 is 1.86. The van der Waals surface area contributed by atoms with Gasteiger partial charge in [0.25, 0.3) is 5.91 Å². The van der Waals surface area contributed by atoms with Crippen LogP contribution < -0.4 is 0 Å². The molecular formula is C18H21N3O4. The van der Waals surface area contributed by atoms with Gasteiger partial charge in [0, 0.05) is 38.0 Å². The number of hydrogen-bond acceptors (Lipinski definition) is 3. The van der Waals surface area contributed by atoms with E-state index in [-0.39, 0.29) is 24.3 Å². The zero-order chi connectivity index (χ0) is 18.0. The van der Waals surface area contributed by atoms with Gasteiger partial charge in [0.2, 0.25) is 5.91 Å². The molecule has 0 bridgehead atoms. The third kappa shape index (κ3) is 3.65. The van der Waals surface area contributed by atoms with E-state index in [2.05, 4.69) is 0 Å². The lowest BCUT2D eigenvalue weighted by Gasteiger charge is -2.31. The molecule has 1 fully saturated rings. The molecule has 2 aromatic rings. The van der Waals surface area contributed by atoms with Gasteiger partial charge in [-0.05, 0) is 31.0 Å². The van der Waals surface area contributed by atoms with Crippen molar-refractivity contribution in [1.82, 2.24) is 14.2 Å². The molecule has 0 unspecified atom stereocenters. The summed E-state index contributed by atoms with van der Waals surface area (Å²) in [5, 5.41) is 9.01. The van der Waals surface area contributed by atoms with E-state index in [1.807, 2.05) is 28.8 Å². The van der Waals surface area contributed by atoms with Gasteiger partial charge in [0.15, 0.2) is 0 Å². The Balaban J connectivity index is 1.59. The zero-order valence-electron chi connectivity index (χ0n) is 14.1. The van der Waals surface area contributed by atoms with Crippen LogP contribution in [-0.4, -0.2) is 63.8 Å². The lowest BCUT2D eigenvalue weighted by Crippen LogP contribution is -2.45. The van der Waals surface area contributed by atoms with Gasteiger partial charge in [-0.2, -0.15) is 0 Å². The number of piperidine rings is 1. The van der Waals surface area contributed by atoms with Crippen LogP contribution in [0.5, 0.6) is 0 Å². The molecule has 0 atom stereocenters. The van der Waals surface area contributed by atoms with Crippen molar-refractivity contribution >= 4 is 23.3 Å². The number of likely N-dealkylation sites (N-methyl/N-ethyl adjacent to an activating group) is 1. The Morgan fingerprint density at radius 2 is 1.96 bits per heavy atom. The summed E-state index contributed by atoms with van der Waals surface area (Å²) in [6.45, 7) is 0.838. The van der Waals surface area contributed by atoms with Crippen LogP contribution in [0.2, 0.25) is 0 Å². The minimum Gasteiger partial charge on any atom is -0.481 e. The van der Waals surface area contributed by atoms with Crippen molar-refractivity contribution in [2.24, 2.45) is 5.92 Å². The fraction of sp³-hybridized carbons (Fsp3) is 0.389. The molecular weight excluding hydrogens is 322 g/mol. The number of fused-ring (bicyclic) bond motifs is 1. The van der Waals surface area contributed by atoms with Crippen LogP contribution in [0.1, 0.15) is 23.2 Å². The second-order valence-corrected chi connectivity index (χ2v) is 6.42. The number of amides is 2. The van der Waals surface area contributed by atoms with Gasteiger partial charge < -0.3 is 19.3 Å². The van der Waals surface area contributed by atoms with E-state index in [1.165, 1.54) is 4.90 Å². The fourth-order valence-electron chi connectivity index (χ4n) is 3.14. The van der Waals surface area contributed by atoms with Gasteiger partial charge in [-0.15, -0.1) is 0 Å². The summed E-state index contributed by atoms with van der Waals surface area (Å²) in [4.78, 5) is 38.9. The van der Waals surface area contributed by atoms with E-state index < -0.39 is 5.97 Å². The minimum atomic E-state index is -0.805. The number of aliphatic carboxylic acids is 1. The number of carbonyl (C=O) groups excluding carboxylic acids is 2. The number of carboxylic acids is 1. The highest BCUT2D eigenvalue weighted by Crippen LogP contribution is 2.18. The van der Waals surface area contributed by atoms with Crippen LogP contribution in [-0.2, 0) is 9.59 Å². The van der Waals surface area contributed by atoms with Crippen LogP contribution in [0.15, 0.2) is 36.7 Å².